The molecule has 2 nitrogen and oxygen atoms in total. The van der Waals surface area contributed by atoms with Crippen LogP contribution in [0.2, 0.25) is 0 Å². The molecular formula is C23H39FO2. The van der Waals surface area contributed by atoms with Crippen molar-refractivity contribution < 1.29 is 14.2 Å². The van der Waals surface area contributed by atoms with Crippen molar-refractivity contribution in [1.29, 1.82) is 0 Å². The Hall–Kier alpha value is -0.150. The summed E-state index contributed by atoms with van der Waals surface area (Å²) in [5.74, 6) is 3.13. The van der Waals surface area contributed by atoms with Gasteiger partial charge in [-0.25, -0.2) is 4.39 Å². The van der Waals surface area contributed by atoms with Crippen LogP contribution in [0.4, 0.5) is 4.39 Å². The fourth-order valence-corrected chi connectivity index (χ4v) is 8.40. The molecule has 2 unspecified atom stereocenters. The third-order valence-electron chi connectivity index (χ3n) is 9.47. The molecule has 0 bridgehead atoms. The van der Waals surface area contributed by atoms with Crippen LogP contribution < -0.4 is 0 Å². The molecule has 0 aromatic carbocycles. The van der Waals surface area contributed by atoms with Gasteiger partial charge in [0, 0.05) is 7.11 Å². The van der Waals surface area contributed by atoms with Crippen LogP contribution >= 0.6 is 0 Å². The molecule has 4 aliphatic carbocycles. The van der Waals surface area contributed by atoms with Crippen molar-refractivity contribution in [1.82, 2.24) is 0 Å². The number of fused-ring (bicyclic) bond motifs is 5. The van der Waals surface area contributed by atoms with Crippen LogP contribution in [0.25, 0.3) is 0 Å². The van der Waals surface area contributed by atoms with Crippen molar-refractivity contribution in [3.8, 4) is 0 Å². The zero-order valence-corrected chi connectivity index (χ0v) is 17.3. The van der Waals surface area contributed by atoms with Crippen LogP contribution in [-0.4, -0.2) is 30.1 Å². The van der Waals surface area contributed by atoms with Gasteiger partial charge < -0.3 is 9.84 Å². The van der Waals surface area contributed by atoms with Gasteiger partial charge in [0.25, 0.3) is 0 Å². The van der Waals surface area contributed by atoms with Crippen molar-refractivity contribution in [3.05, 3.63) is 0 Å². The predicted octanol–water partition coefficient (Wildman–Crippen LogP) is 5.38. The van der Waals surface area contributed by atoms with Gasteiger partial charge in [-0.2, -0.15) is 0 Å². The molecule has 0 spiro atoms. The first-order chi connectivity index (χ1) is 12.2. The lowest BCUT2D eigenvalue weighted by Gasteiger charge is -2.59. The van der Waals surface area contributed by atoms with Crippen LogP contribution in [0.3, 0.4) is 0 Å². The number of halogens is 1. The fourth-order valence-electron chi connectivity index (χ4n) is 8.40. The lowest BCUT2D eigenvalue weighted by atomic mass is 9.47. The average Bonchev–Trinajstić information content (AvgIpc) is 2.93. The summed E-state index contributed by atoms with van der Waals surface area (Å²) < 4.78 is 21.7. The zero-order valence-electron chi connectivity index (χ0n) is 17.3. The van der Waals surface area contributed by atoms with E-state index in [1.807, 2.05) is 0 Å². The number of methoxy groups -OCH3 is 1. The number of hydrogen-bond donors (Lipinski definition) is 1. The highest BCUT2D eigenvalue weighted by Crippen LogP contribution is 2.67. The standard InChI is InChI=1S/C23H39FO2/c1-15(2)18-7-8-19-17-6-5-16-13-22(25,14-26-4)11-12-23(16,24)20(17)9-10-21(18,19)3/h15-20,25H,5-14H2,1-4H3/t16-,17+,18?,19+,20?,21-,22-,23-/m1/s1. The van der Waals surface area contributed by atoms with E-state index >= 15 is 4.39 Å². The Morgan fingerprint density at radius 2 is 1.81 bits per heavy atom. The number of alkyl halides is 1. The summed E-state index contributed by atoms with van der Waals surface area (Å²) in [6, 6.07) is 0. The Kier molecular flexibility index (Phi) is 4.75. The minimum atomic E-state index is -1.04. The van der Waals surface area contributed by atoms with E-state index in [2.05, 4.69) is 20.8 Å². The normalized spacial score (nSPS) is 53.9. The molecular weight excluding hydrogens is 327 g/mol. The second-order valence-electron chi connectivity index (χ2n) is 10.9. The lowest BCUT2D eigenvalue weighted by Crippen LogP contribution is -2.59. The van der Waals surface area contributed by atoms with E-state index in [-0.39, 0.29) is 11.8 Å². The summed E-state index contributed by atoms with van der Waals surface area (Å²) >= 11 is 0. The van der Waals surface area contributed by atoms with E-state index in [4.69, 9.17) is 4.74 Å². The Morgan fingerprint density at radius 1 is 1.04 bits per heavy atom. The fraction of sp³-hybridized carbons (Fsp3) is 1.00. The second-order valence-corrected chi connectivity index (χ2v) is 10.9. The smallest absolute Gasteiger partial charge is 0.117 e. The van der Waals surface area contributed by atoms with E-state index in [0.29, 0.717) is 37.2 Å². The topological polar surface area (TPSA) is 29.5 Å². The van der Waals surface area contributed by atoms with Crippen LogP contribution in [0.15, 0.2) is 0 Å². The molecule has 4 saturated carbocycles. The summed E-state index contributed by atoms with van der Waals surface area (Å²) in [5.41, 5.74) is -1.41. The first kappa shape index (κ1) is 19.2. The van der Waals surface area contributed by atoms with Crippen molar-refractivity contribution >= 4 is 0 Å². The molecule has 0 heterocycles. The minimum absolute atomic E-state index is 0.0318. The number of aliphatic hydroxyl groups is 1. The van der Waals surface area contributed by atoms with Gasteiger partial charge in [-0.3, -0.25) is 0 Å². The average molecular weight is 367 g/mol. The quantitative estimate of drug-likeness (QED) is 0.726. The Balaban J connectivity index is 1.56. The third kappa shape index (κ3) is 2.70. The van der Waals surface area contributed by atoms with Crippen LogP contribution in [0, 0.1) is 40.9 Å². The summed E-state index contributed by atoms with van der Waals surface area (Å²) in [7, 11) is 1.64. The van der Waals surface area contributed by atoms with Crippen molar-refractivity contribution in [2.75, 3.05) is 13.7 Å². The minimum Gasteiger partial charge on any atom is -0.387 e. The molecule has 0 saturated heterocycles. The van der Waals surface area contributed by atoms with Gasteiger partial charge in [0.15, 0.2) is 0 Å². The Bertz CT molecular complexity index is 536. The van der Waals surface area contributed by atoms with Crippen molar-refractivity contribution in [2.24, 2.45) is 40.9 Å². The molecule has 0 radical (unpaired) electrons. The SMILES string of the molecule is COC[C@@]1(O)CC[C@]2(F)C3CC[C@]4(C)C(C(C)C)CC[C@H]4[C@@H]3CC[C@@H]2C1. The molecule has 150 valence electrons. The van der Waals surface area contributed by atoms with Crippen LogP contribution in [-0.2, 0) is 4.74 Å². The number of rotatable bonds is 3. The first-order valence-electron chi connectivity index (χ1n) is 11.1. The molecule has 4 rings (SSSR count). The van der Waals surface area contributed by atoms with E-state index in [1.165, 1.54) is 25.7 Å². The van der Waals surface area contributed by atoms with E-state index in [1.54, 1.807) is 7.11 Å². The van der Waals surface area contributed by atoms with Gasteiger partial charge in [-0.1, -0.05) is 20.8 Å². The van der Waals surface area contributed by atoms with Gasteiger partial charge in [-0.05, 0) is 98.7 Å². The largest absolute Gasteiger partial charge is 0.387 e. The zero-order chi connectivity index (χ0) is 18.7. The molecule has 0 aromatic rings. The Morgan fingerprint density at radius 3 is 2.50 bits per heavy atom. The summed E-state index contributed by atoms with van der Waals surface area (Å²) in [6.45, 7) is 7.65. The highest BCUT2D eigenvalue weighted by Gasteiger charge is 2.63. The monoisotopic (exact) mass is 366 g/mol. The van der Waals surface area contributed by atoms with Gasteiger partial charge in [0.1, 0.15) is 5.67 Å². The number of ether oxygens (including phenoxy) is 1. The molecule has 0 aromatic heterocycles. The third-order valence-corrected chi connectivity index (χ3v) is 9.47. The molecule has 1 N–H and O–H groups in total. The maximum atomic E-state index is 16.4. The molecule has 4 fully saturated rings. The molecule has 0 amide bonds. The Labute approximate surface area is 159 Å². The van der Waals surface area contributed by atoms with Gasteiger partial charge in [0.2, 0.25) is 0 Å². The van der Waals surface area contributed by atoms with Crippen molar-refractivity contribution in [2.45, 2.75) is 89.8 Å². The molecule has 3 heteroatoms. The van der Waals surface area contributed by atoms with Crippen molar-refractivity contribution in [3.63, 3.8) is 0 Å². The predicted molar refractivity (Wildman–Crippen MR) is 103 cm³/mol. The summed E-state index contributed by atoms with van der Waals surface area (Å²) in [6.07, 6.45) is 8.77. The maximum absolute atomic E-state index is 16.4. The summed E-state index contributed by atoms with van der Waals surface area (Å²) in [5, 5.41) is 10.8. The summed E-state index contributed by atoms with van der Waals surface area (Å²) in [4.78, 5) is 0. The maximum Gasteiger partial charge on any atom is 0.117 e. The molecule has 8 atom stereocenters. The highest BCUT2D eigenvalue weighted by atomic mass is 19.1. The number of hydrogen-bond acceptors (Lipinski definition) is 2. The lowest BCUT2D eigenvalue weighted by molar-refractivity contribution is -0.178. The van der Waals surface area contributed by atoms with E-state index in [0.717, 1.165) is 30.6 Å². The van der Waals surface area contributed by atoms with Gasteiger partial charge >= 0.3 is 0 Å². The van der Waals surface area contributed by atoms with E-state index in [9.17, 15) is 5.11 Å². The second kappa shape index (κ2) is 6.44. The molecule has 26 heavy (non-hydrogen) atoms. The first-order valence-corrected chi connectivity index (χ1v) is 11.1. The van der Waals surface area contributed by atoms with Gasteiger partial charge in [0.05, 0.1) is 12.2 Å². The van der Waals surface area contributed by atoms with Gasteiger partial charge in [-0.15, -0.1) is 0 Å². The molecule has 0 aliphatic heterocycles. The molecule has 4 aliphatic rings. The van der Waals surface area contributed by atoms with E-state index < -0.39 is 11.3 Å². The van der Waals surface area contributed by atoms with Crippen LogP contribution in [0.1, 0.15) is 78.6 Å². The highest BCUT2D eigenvalue weighted by molar-refractivity contribution is 5.12. The van der Waals surface area contributed by atoms with Crippen LogP contribution in [0.5, 0.6) is 0 Å².